The monoisotopic (exact) mass is 405 g/mol. The number of rotatable bonds is 6. The molecular weight excluding hydrogens is 382 g/mol. The van der Waals surface area contributed by atoms with Crippen molar-refractivity contribution >= 4 is 45.0 Å². The Labute approximate surface area is 170 Å². The Kier molecular flexibility index (Phi) is 7.18. The number of fused-ring (bicyclic) bond motifs is 1. The number of aromatic nitrogens is 1. The smallest absolute Gasteiger partial charge is 0.260 e. The van der Waals surface area contributed by atoms with Crippen LogP contribution in [0.2, 0.25) is 0 Å². The predicted molar refractivity (Wildman–Crippen MR) is 115 cm³/mol. The number of amides is 1. The summed E-state index contributed by atoms with van der Waals surface area (Å²) in [5.74, 6) is 0.602. The van der Waals surface area contributed by atoms with Crippen LogP contribution in [0.4, 0.5) is 5.13 Å². The van der Waals surface area contributed by atoms with Gasteiger partial charge in [-0.05, 0) is 56.9 Å². The minimum atomic E-state index is -0.0680. The zero-order valence-corrected chi connectivity index (χ0v) is 17.6. The molecule has 0 unspecified atom stereocenters. The van der Waals surface area contributed by atoms with E-state index >= 15 is 0 Å². The molecule has 0 atom stereocenters. The Hall–Kier alpha value is -2.15. The largest absolute Gasteiger partial charge is 0.497 e. The third-order valence-corrected chi connectivity index (χ3v) is 5.14. The fraction of sp³-hybridized carbons (Fsp3) is 0.300. The Morgan fingerprint density at radius 2 is 1.93 bits per heavy atom. The van der Waals surface area contributed by atoms with Gasteiger partial charge in [-0.1, -0.05) is 23.5 Å². The molecular formula is C20H24ClN3O2S. The quantitative estimate of drug-likeness (QED) is 0.615. The highest BCUT2D eigenvalue weighted by Crippen LogP contribution is 2.30. The number of anilines is 1. The van der Waals surface area contributed by atoms with Crippen LogP contribution in [0.1, 0.15) is 15.9 Å². The van der Waals surface area contributed by atoms with Crippen molar-refractivity contribution in [1.82, 2.24) is 9.88 Å². The highest BCUT2D eigenvalue weighted by atomic mass is 35.5. The Morgan fingerprint density at radius 1 is 1.15 bits per heavy atom. The Balaban J connectivity index is 0.00000261. The molecule has 5 nitrogen and oxygen atoms in total. The van der Waals surface area contributed by atoms with Crippen LogP contribution in [-0.4, -0.2) is 50.1 Å². The van der Waals surface area contributed by atoms with Gasteiger partial charge < -0.3 is 9.64 Å². The normalized spacial score (nSPS) is 10.7. The SMILES string of the molecule is COc1cccc(C(=O)N(CCN(C)C)c2nc3ccc(C)cc3s2)c1.Cl. The average Bonchev–Trinajstić information content (AvgIpc) is 3.04. The molecule has 7 heteroatoms. The van der Waals surface area contributed by atoms with E-state index in [-0.39, 0.29) is 18.3 Å². The van der Waals surface area contributed by atoms with Gasteiger partial charge in [-0.15, -0.1) is 12.4 Å². The lowest BCUT2D eigenvalue weighted by Crippen LogP contribution is -2.36. The molecule has 3 rings (SSSR count). The van der Waals surface area contributed by atoms with E-state index in [2.05, 4.69) is 17.9 Å². The molecule has 3 aromatic rings. The van der Waals surface area contributed by atoms with E-state index in [1.807, 2.05) is 44.4 Å². The summed E-state index contributed by atoms with van der Waals surface area (Å²) < 4.78 is 6.35. The topological polar surface area (TPSA) is 45.7 Å². The van der Waals surface area contributed by atoms with Crippen molar-refractivity contribution in [2.24, 2.45) is 0 Å². The molecule has 0 aliphatic heterocycles. The minimum absolute atomic E-state index is 0. The number of likely N-dealkylation sites (N-methyl/N-ethyl adjacent to an activating group) is 1. The average molecular weight is 406 g/mol. The number of methoxy groups -OCH3 is 1. The molecule has 0 spiro atoms. The molecule has 0 saturated heterocycles. The number of halogens is 1. The van der Waals surface area contributed by atoms with Gasteiger partial charge in [0, 0.05) is 18.7 Å². The van der Waals surface area contributed by atoms with Crippen LogP contribution in [0.3, 0.4) is 0 Å². The molecule has 0 fully saturated rings. The van der Waals surface area contributed by atoms with Gasteiger partial charge in [0.05, 0.1) is 17.3 Å². The molecule has 0 N–H and O–H groups in total. The van der Waals surface area contributed by atoms with Crippen molar-refractivity contribution < 1.29 is 9.53 Å². The molecule has 1 aromatic heterocycles. The lowest BCUT2D eigenvalue weighted by Gasteiger charge is -2.22. The van der Waals surface area contributed by atoms with Crippen LogP contribution >= 0.6 is 23.7 Å². The third kappa shape index (κ3) is 4.97. The van der Waals surface area contributed by atoms with Crippen molar-refractivity contribution in [3.05, 3.63) is 53.6 Å². The maximum atomic E-state index is 13.2. The molecule has 1 heterocycles. The summed E-state index contributed by atoms with van der Waals surface area (Å²) in [5.41, 5.74) is 2.70. The van der Waals surface area contributed by atoms with Gasteiger partial charge in [-0.2, -0.15) is 0 Å². The van der Waals surface area contributed by atoms with Crippen LogP contribution in [0.15, 0.2) is 42.5 Å². The van der Waals surface area contributed by atoms with Crippen molar-refractivity contribution in [3.8, 4) is 5.75 Å². The lowest BCUT2D eigenvalue weighted by molar-refractivity contribution is 0.0985. The first-order valence-corrected chi connectivity index (χ1v) is 9.27. The highest BCUT2D eigenvalue weighted by Gasteiger charge is 2.21. The van der Waals surface area contributed by atoms with Crippen LogP contribution in [-0.2, 0) is 0 Å². The standard InChI is InChI=1S/C20H23N3O2S.ClH/c1-14-8-9-17-18(12-14)26-20(21-17)23(11-10-22(2)3)19(24)15-6-5-7-16(13-15)25-4;/h5-9,12-13H,10-11H2,1-4H3;1H. The molecule has 0 aliphatic rings. The summed E-state index contributed by atoms with van der Waals surface area (Å²) in [4.78, 5) is 21.7. The summed E-state index contributed by atoms with van der Waals surface area (Å²) in [6.45, 7) is 3.39. The number of ether oxygens (including phenoxy) is 1. The first-order valence-electron chi connectivity index (χ1n) is 8.46. The van der Waals surface area contributed by atoms with Gasteiger partial charge in [0.15, 0.2) is 5.13 Å². The molecule has 2 aromatic carbocycles. The Morgan fingerprint density at radius 3 is 2.63 bits per heavy atom. The summed E-state index contributed by atoms with van der Waals surface area (Å²) in [6, 6.07) is 13.4. The zero-order chi connectivity index (χ0) is 18.7. The van der Waals surface area contributed by atoms with Gasteiger partial charge in [-0.25, -0.2) is 4.98 Å². The minimum Gasteiger partial charge on any atom is -0.497 e. The summed E-state index contributed by atoms with van der Waals surface area (Å²) in [6.07, 6.45) is 0. The summed E-state index contributed by atoms with van der Waals surface area (Å²) in [7, 11) is 5.59. The highest BCUT2D eigenvalue weighted by molar-refractivity contribution is 7.22. The van der Waals surface area contributed by atoms with Gasteiger partial charge >= 0.3 is 0 Å². The van der Waals surface area contributed by atoms with E-state index < -0.39 is 0 Å². The van der Waals surface area contributed by atoms with E-state index in [4.69, 9.17) is 9.72 Å². The first kappa shape index (κ1) is 21.2. The molecule has 0 radical (unpaired) electrons. The predicted octanol–water partition coefficient (Wildman–Crippen LogP) is 4.24. The van der Waals surface area contributed by atoms with E-state index in [1.54, 1.807) is 29.4 Å². The third-order valence-electron chi connectivity index (χ3n) is 4.10. The maximum Gasteiger partial charge on any atom is 0.260 e. The van der Waals surface area contributed by atoms with E-state index in [1.165, 1.54) is 5.56 Å². The molecule has 1 amide bonds. The van der Waals surface area contributed by atoms with Crippen LogP contribution in [0.25, 0.3) is 10.2 Å². The van der Waals surface area contributed by atoms with E-state index in [9.17, 15) is 4.79 Å². The molecule has 27 heavy (non-hydrogen) atoms. The zero-order valence-electron chi connectivity index (χ0n) is 15.9. The van der Waals surface area contributed by atoms with Gasteiger partial charge in [0.1, 0.15) is 5.75 Å². The number of carbonyl (C=O) groups is 1. The van der Waals surface area contributed by atoms with Crippen molar-refractivity contribution in [2.45, 2.75) is 6.92 Å². The number of hydrogen-bond acceptors (Lipinski definition) is 5. The number of nitrogens with zero attached hydrogens (tertiary/aromatic N) is 3. The van der Waals surface area contributed by atoms with E-state index in [0.717, 1.165) is 21.9 Å². The van der Waals surface area contributed by atoms with Gasteiger partial charge in [0.2, 0.25) is 0 Å². The van der Waals surface area contributed by atoms with Gasteiger partial charge in [0.25, 0.3) is 5.91 Å². The summed E-state index contributed by atoms with van der Waals surface area (Å²) >= 11 is 1.55. The molecule has 144 valence electrons. The first-order chi connectivity index (χ1) is 12.5. The van der Waals surface area contributed by atoms with Crippen molar-refractivity contribution in [1.29, 1.82) is 0 Å². The fourth-order valence-corrected chi connectivity index (χ4v) is 3.72. The summed E-state index contributed by atoms with van der Waals surface area (Å²) in [5, 5.41) is 0.722. The number of thiazole rings is 1. The van der Waals surface area contributed by atoms with Crippen LogP contribution in [0.5, 0.6) is 5.75 Å². The molecule has 0 bridgehead atoms. The van der Waals surface area contributed by atoms with Crippen molar-refractivity contribution in [3.63, 3.8) is 0 Å². The number of carbonyl (C=O) groups excluding carboxylic acids is 1. The molecule has 0 aliphatic carbocycles. The number of aryl methyl sites for hydroxylation is 1. The second kappa shape index (κ2) is 9.17. The van der Waals surface area contributed by atoms with Crippen LogP contribution in [0, 0.1) is 6.92 Å². The van der Waals surface area contributed by atoms with Crippen molar-refractivity contribution in [2.75, 3.05) is 39.2 Å². The Bertz CT molecular complexity index is 926. The van der Waals surface area contributed by atoms with Gasteiger partial charge in [-0.3, -0.25) is 9.69 Å². The second-order valence-electron chi connectivity index (χ2n) is 6.46. The second-order valence-corrected chi connectivity index (χ2v) is 7.47. The lowest BCUT2D eigenvalue weighted by atomic mass is 10.2. The fourth-order valence-electron chi connectivity index (χ4n) is 2.63. The van der Waals surface area contributed by atoms with E-state index in [0.29, 0.717) is 17.9 Å². The maximum absolute atomic E-state index is 13.2. The number of benzene rings is 2. The molecule has 0 saturated carbocycles. The number of hydrogen-bond donors (Lipinski definition) is 0. The van der Waals surface area contributed by atoms with Crippen LogP contribution < -0.4 is 9.64 Å².